The van der Waals surface area contributed by atoms with Gasteiger partial charge < -0.3 is 10.0 Å². The molecule has 1 atom stereocenters. The van der Waals surface area contributed by atoms with Gasteiger partial charge in [-0.05, 0) is 37.5 Å². The summed E-state index contributed by atoms with van der Waals surface area (Å²) in [6.07, 6.45) is -3.55. The van der Waals surface area contributed by atoms with E-state index in [2.05, 4.69) is 0 Å². The van der Waals surface area contributed by atoms with Crippen molar-refractivity contribution >= 4 is 11.9 Å². The molecule has 1 heterocycles. The quantitative estimate of drug-likeness (QED) is 0.933. The number of nitrogens with zero attached hydrogens (tertiary/aromatic N) is 1. The van der Waals surface area contributed by atoms with Gasteiger partial charge >= 0.3 is 12.1 Å². The van der Waals surface area contributed by atoms with Gasteiger partial charge in [-0.3, -0.25) is 4.79 Å². The summed E-state index contributed by atoms with van der Waals surface area (Å²) in [5.74, 6) is -1.45. The maximum Gasteiger partial charge on any atom is 0.416 e. The van der Waals surface area contributed by atoms with Gasteiger partial charge in [-0.25, -0.2) is 4.79 Å². The molecule has 4 nitrogen and oxygen atoms in total. The lowest BCUT2D eigenvalue weighted by molar-refractivity contribution is -0.155. The Morgan fingerprint density at radius 1 is 1.27 bits per heavy atom. The summed E-state index contributed by atoms with van der Waals surface area (Å²) >= 11 is 0. The molecule has 2 rings (SSSR count). The fourth-order valence-corrected chi connectivity index (χ4v) is 2.67. The van der Waals surface area contributed by atoms with Crippen molar-refractivity contribution in [2.24, 2.45) is 0 Å². The van der Waals surface area contributed by atoms with E-state index < -0.39 is 23.2 Å². The number of rotatable bonds is 3. The number of carboxylic acids is 1. The number of alkyl halides is 3. The minimum Gasteiger partial charge on any atom is -0.480 e. The molecule has 1 aromatic rings. The third-order valence-electron chi connectivity index (χ3n) is 4.04. The third-order valence-corrected chi connectivity index (χ3v) is 4.04. The number of halogens is 3. The molecular weight excluding hydrogens is 299 g/mol. The Hall–Kier alpha value is -2.05. The van der Waals surface area contributed by atoms with Crippen LogP contribution in [0.3, 0.4) is 0 Å². The lowest BCUT2D eigenvalue weighted by Gasteiger charge is -2.31. The van der Waals surface area contributed by atoms with Crippen LogP contribution in [0.5, 0.6) is 0 Å². The highest BCUT2D eigenvalue weighted by atomic mass is 19.4. The van der Waals surface area contributed by atoms with Crippen LogP contribution >= 0.6 is 0 Å². The highest BCUT2D eigenvalue weighted by Crippen LogP contribution is 2.31. The highest BCUT2D eigenvalue weighted by molar-refractivity contribution is 5.88. The molecule has 22 heavy (non-hydrogen) atoms. The molecule has 1 aromatic carbocycles. The van der Waals surface area contributed by atoms with Gasteiger partial charge in [0.05, 0.1) is 12.0 Å². The molecule has 1 fully saturated rings. The van der Waals surface area contributed by atoms with E-state index in [1.54, 1.807) is 0 Å². The first kappa shape index (κ1) is 16.3. The predicted molar refractivity (Wildman–Crippen MR) is 72.1 cm³/mol. The van der Waals surface area contributed by atoms with E-state index in [1.165, 1.54) is 24.0 Å². The first-order valence-electron chi connectivity index (χ1n) is 6.84. The Labute approximate surface area is 125 Å². The van der Waals surface area contributed by atoms with Crippen LogP contribution in [0.2, 0.25) is 0 Å². The van der Waals surface area contributed by atoms with Crippen LogP contribution in [0.15, 0.2) is 24.3 Å². The maximum atomic E-state index is 12.5. The summed E-state index contributed by atoms with van der Waals surface area (Å²) in [5, 5.41) is 9.26. The lowest BCUT2D eigenvalue weighted by atomic mass is 9.98. The van der Waals surface area contributed by atoms with Gasteiger partial charge in [0.25, 0.3) is 0 Å². The minimum absolute atomic E-state index is 0.110. The van der Waals surface area contributed by atoms with Gasteiger partial charge in [0, 0.05) is 6.54 Å². The fourth-order valence-electron chi connectivity index (χ4n) is 2.67. The molecule has 1 saturated heterocycles. The van der Waals surface area contributed by atoms with Crippen LogP contribution < -0.4 is 0 Å². The number of benzene rings is 1. The van der Waals surface area contributed by atoms with Gasteiger partial charge in [0.2, 0.25) is 5.91 Å². The molecule has 0 bridgehead atoms. The molecule has 1 unspecified atom stereocenters. The van der Waals surface area contributed by atoms with E-state index in [-0.39, 0.29) is 12.3 Å². The smallest absolute Gasteiger partial charge is 0.416 e. The zero-order chi connectivity index (χ0) is 16.5. The average Bonchev–Trinajstić information content (AvgIpc) is 2.82. The Bertz CT molecular complexity index is 583. The topological polar surface area (TPSA) is 57.6 Å². The molecule has 120 valence electrons. The molecule has 7 heteroatoms. The molecule has 0 spiro atoms. The van der Waals surface area contributed by atoms with Crippen LogP contribution in [-0.2, 0) is 22.2 Å². The Morgan fingerprint density at radius 3 is 2.36 bits per heavy atom. The number of amides is 1. The maximum absolute atomic E-state index is 12.5. The molecule has 1 aliphatic rings. The molecule has 0 radical (unpaired) electrons. The minimum atomic E-state index is -4.42. The summed E-state index contributed by atoms with van der Waals surface area (Å²) in [7, 11) is 0. The van der Waals surface area contributed by atoms with Gasteiger partial charge in [-0.15, -0.1) is 0 Å². The molecule has 0 aliphatic carbocycles. The molecule has 1 amide bonds. The molecular formula is C15H16F3NO3. The molecule has 0 aromatic heterocycles. The van der Waals surface area contributed by atoms with Crippen molar-refractivity contribution in [3.8, 4) is 0 Å². The fraction of sp³-hybridized carbons (Fsp3) is 0.467. The van der Waals surface area contributed by atoms with Gasteiger partial charge in [-0.1, -0.05) is 12.1 Å². The second-order valence-corrected chi connectivity index (χ2v) is 5.60. The Kier molecular flexibility index (Phi) is 4.17. The van der Waals surface area contributed by atoms with E-state index in [1.807, 2.05) is 0 Å². The van der Waals surface area contributed by atoms with E-state index in [9.17, 15) is 27.9 Å². The molecule has 1 aliphatic heterocycles. The largest absolute Gasteiger partial charge is 0.480 e. The van der Waals surface area contributed by atoms with Crippen LogP contribution in [0.25, 0.3) is 0 Å². The molecule has 1 N–H and O–H groups in total. The first-order chi connectivity index (χ1) is 10.1. The molecule has 0 saturated carbocycles. The summed E-state index contributed by atoms with van der Waals surface area (Å²) in [6, 6.07) is 4.33. The van der Waals surface area contributed by atoms with Gasteiger partial charge in [0.1, 0.15) is 5.54 Å². The monoisotopic (exact) mass is 315 g/mol. The number of hydrogen-bond acceptors (Lipinski definition) is 2. The third kappa shape index (κ3) is 3.08. The zero-order valence-corrected chi connectivity index (χ0v) is 12.0. The predicted octanol–water partition coefficient (Wildman–Crippen LogP) is 2.71. The first-order valence-corrected chi connectivity index (χ1v) is 6.84. The van der Waals surface area contributed by atoms with Crippen LogP contribution in [0.1, 0.15) is 30.9 Å². The number of hydrogen-bond donors (Lipinski definition) is 1. The van der Waals surface area contributed by atoms with Gasteiger partial charge in [0.15, 0.2) is 0 Å². The van der Waals surface area contributed by atoms with E-state index in [4.69, 9.17) is 0 Å². The normalized spacial score (nSPS) is 21.9. The Balaban J connectivity index is 2.11. The number of carboxylic acid groups (broad SMARTS) is 1. The van der Waals surface area contributed by atoms with Crippen molar-refractivity contribution in [1.82, 2.24) is 4.90 Å². The zero-order valence-electron chi connectivity index (χ0n) is 12.0. The lowest BCUT2D eigenvalue weighted by Crippen LogP contribution is -2.51. The summed E-state index contributed by atoms with van der Waals surface area (Å²) in [6.45, 7) is 1.84. The van der Waals surface area contributed by atoms with Crippen molar-refractivity contribution in [2.75, 3.05) is 6.54 Å². The Morgan fingerprint density at radius 2 is 1.86 bits per heavy atom. The summed E-state index contributed by atoms with van der Waals surface area (Å²) in [4.78, 5) is 24.9. The number of carbonyl (C=O) groups excluding carboxylic acids is 1. The standard InChI is InChI=1S/C15H16F3NO3/c1-14(13(21)22)7-2-8-19(14)12(20)9-10-3-5-11(6-4-10)15(16,17)18/h3-6H,2,7-9H2,1H3,(H,21,22). The van der Waals surface area contributed by atoms with E-state index in [0.29, 0.717) is 24.9 Å². The van der Waals surface area contributed by atoms with Crippen molar-refractivity contribution in [2.45, 2.75) is 37.9 Å². The van der Waals surface area contributed by atoms with Crippen molar-refractivity contribution in [3.63, 3.8) is 0 Å². The SMILES string of the molecule is CC1(C(=O)O)CCCN1C(=O)Cc1ccc(C(F)(F)F)cc1. The second kappa shape index (κ2) is 5.62. The number of aliphatic carboxylic acids is 1. The van der Waals surface area contributed by atoms with E-state index in [0.717, 1.165) is 12.1 Å². The number of likely N-dealkylation sites (tertiary alicyclic amines) is 1. The van der Waals surface area contributed by atoms with E-state index >= 15 is 0 Å². The van der Waals surface area contributed by atoms with Crippen LogP contribution in [-0.4, -0.2) is 34.0 Å². The number of carbonyl (C=O) groups is 2. The summed E-state index contributed by atoms with van der Waals surface area (Å²) in [5.41, 5.74) is -1.58. The van der Waals surface area contributed by atoms with Crippen molar-refractivity contribution < 1.29 is 27.9 Å². The average molecular weight is 315 g/mol. The van der Waals surface area contributed by atoms with Crippen LogP contribution in [0.4, 0.5) is 13.2 Å². The van der Waals surface area contributed by atoms with Crippen molar-refractivity contribution in [1.29, 1.82) is 0 Å². The second-order valence-electron chi connectivity index (χ2n) is 5.60. The van der Waals surface area contributed by atoms with Crippen LogP contribution in [0, 0.1) is 0 Å². The van der Waals surface area contributed by atoms with Crippen molar-refractivity contribution in [3.05, 3.63) is 35.4 Å². The summed E-state index contributed by atoms with van der Waals surface area (Å²) < 4.78 is 37.4. The van der Waals surface area contributed by atoms with Gasteiger partial charge in [-0.2, -0.15) is 13.2 Å². The highest BCUT2D eigenvalue weighted by Gasteiger charge is 2.45.